The molecule has 0 radical (unpaired) electrons. The van der Waals surface area contributed by atoms with Crippen molar-refractivity contribution in [1.82, 2.24) is 5.32 Å². The molecule has 0 spiro atoms. The number of halogens is 1. The zero-order valence-electron chi connectivity index (χ0n) is 20.4. The van der Waals surface area contributed by atoms with Crippen molar-refractivity contribution in [3.05, 3.63) is 81.2 Å². The fraction of sp³-hybridized carbons (Fsp3) is 0.357. The third kappa shape index (κ3) is 5.08. The molecule has 2 aliphatic rings. The first kappa shape index (κ1) is 24.9. The van der Waals surface area contributed by atoms with E-state index in [-0.39, 0.29) is 23.6 Å². The maximum Gasteiger partial charge on any atom is 0.337 e. The number of allylic oxidation sites excluding steroid dienone is 3. The number of esters is 1. The summed E-state index contributed by atoms with van der Waals surface area (Å²) in [5, 5.41) is 14.2. The third-order valence-electron chi connectivity index (χ3n) is 6.35. The summed E-state index contributed by atoms with van der Waals surface area (Å²) in [4.78, 5) is 26.9. The first-order chi connectivity index (χ1) is 16.7. The van der Waals surface area contributed by atoms with Gasteiger partial charge in [0, 0.05) is 34.3 Å². The number of phenolic OH excluding ortho intramolecular Hbond substituents is 1. The molecule has 1 aliphatic carbocycles. The molecule has 7 heteroatoms. The number of ketones is 1. The zero-order chi connectivity index (χ0) is 25.3. The lowest BCUT2D eigenvalue weighted by Crippen LogP contribution is -2.36. The number of benzene rings is 2. The highest BCUT2D eigenvalue weighted by Crippen LogP contribution is 2.47. The van der Waals surface area contributed by atoms with Gasteiger partial charge in [0.25, 0.3) is 0 Å². The van der Waals surface area contributed by atoms with Crippen LogP contribution in [-0.4, -0.2) is 29.6 Å². The number of rotatable bonds is 6. The molecule has 1 heterocycles. The highest BCUT2D eigenvalue weighted by molar-refractivity contribution is 6.30. The number of carbonyl (C=O) groups excluding carboxylic acids is 2. The minimum absolute atomic E-state index is 0.00226. The van der Waals surface area contributed by atoms with Crippen LogP contribution in [0.25, 0.3) is 0 Å². The summed E-state index contributed by atoms with van der Waals surface area (Å²) in [6.07, 6.45) is 0.633. The Morgan fingerprint density at radius 1 is 1.14 bits per heavy atom. The van der Waals surface area contributed by atoms with Crippen molar-refractivity contribution < 1.29 is 24.2 Å². The SMILES string of the molecule is CCOc1cc([C@@H]2C(C(=O)OC(C)C)=C(C)NC3=C2C(=O)C[C@@H](c2ccc(Cl)cc2)C3)ccc1O. The van der Waals surface area contributed by atoms with Gasteiger partial charge in [0.2, 0.25) is 0 Å². The van der Waals surface area contributed by atoms with E-state index in [1.54, 1.807) is 26.0 Å². The first-order valence-corrected chi connectivity index (χ1v) is 12.2. The predicted octanol–water partition coefficient (Wildman–Crippen LogP) is 5.76. The van der Waals surface area contributed by atoms with E-state index in [0.717, 1.165) is 11.3 Å². The van der Waals surface area contributed by atoms with Crippen LogP contribution in [0, 0.1) is 0 Å². The van der Waals surface area contributed by atoms with Gasteiger partial charge in [-0.05, 0) is 75.4 Å². The van der Waals surface area contributed by atoms with Gasteiger partial charge in [0.05, 0.1) is 18.3 Å². The number of phenols is 1. The lowest BCUT2D eigenvalue weighted by Gasteiger charge is -2.37. The molecule has 0 aromatic heterocycles. The molecular weight excluding hydrogens is 466 g/mol. The highest BCUT2D eigenvalue weighted by Gasteiger charge is 2.41. The van der Waals surface area contributed by atoms with Gasteiger partial charge >= 0.3 is 5.97 Å². The molecule has 6 nitrogen and oxygen atoms in total. The number of dihydropyridines is 1. The smallest absolute Gasteiger partial charge is 0.337 e. The Balaban J connectivity index is 1.81. The molecule has 0 fully saturated rings. The van der Waals surface area contributed by atoms with Crippen LogP contribution in [0.15, 0.2) is 65.0 Å². The summed E-state index contributed by atoms with van der Waals surface area (Å²) >= 11 is 6.06. The minimum Gasteiger partial charge on any atom is -0.504 e. The monoisotopic (exact) mass is 495 g/mol. The Bertz CT molecular complexity index is 1210. The van der Waals surface area contributed by atoms with E-state index in [1.807, 2.05) is 38.1 Å². The van der Waals surface area contributed by atoms with Crippen LogP contribution >= 0.6 is 11.6 Å². The molecule has 0 amide bonds. The van der Waals surface area contributed by atoms with Crippen molar-refractivity contribution in [2.75, 3.05) is 6.61 Å². The van der Waals surface area contributed by atoms with Crippen molar-refractivity contribution in [1.29, 1.82) is 0 Å². The number of ether oxygens (including phenoxy) is 2. The summed E-state index contributed by atoms with van der Waals surface area (Å²) in [5.41, 5.74) is 4.13. The molecule has 0 unspecified atom stereocenters. The van der Waals surface area contributed by atoms with Gasteiger partial charge in [0.15, 0.2) is 17.3 Å². The molecule has 1 aliphatic heterocycles. The molecule has 0 saturated heterocycles. The molecule has 2 aromatic carbocycles. The number of aromatic hydroxyl groups is 1. The summed E-state index contributed by atoms with van der Waals surface area (Å²) < 4.78 is 11.2. The summed E-state index contributed by atoms with van der Waals surface area (Å²) in [5.74, 6) is -0.818. The number of nitrogens with one attached hydrogen (secondary N) is 1. The third-order valence-corrected chi connectivity index (χ3v) is 6.60. The van der Waals surface area contributed by atoms with Crippen molar-refractivity contribution in [3.63, 3.8) is 0 Å². The van der Waals surface area contributed by atoms with E-state index in [2.05, 4.69) is 5.32 Å². The van der Waals surface area contributed by atoms with Gasteiger partial charge in [-0.3, -0.25) is 4.79 Å². The van der Waals surface area contributed by atoms with Gasteiger partial charge in [-0.2, -0.15) is 0 Å². The molecule has 184 valence electrons. The van der Waals surface area contributed by atoms with Gasteiger partial charge in [-0.15, -0.1) is 0 Å². The molecular formula is C28H30ClNO5. The second kappa shape index (κ2) is 10.2. The maximum atomic E-state index is 13.7. The van der Waals surface area contributed by atoms with Crippen molar-refractivity contribution in [2.45, 2.75) is 58.5 Å². The number of hydrogen-bond acceptors (Lipinski definition) is 6. The predicted molar refractivity (Wildman–Crippen MR) is 135 cm³/mol. The van der Waals surface area contributed by atoms with Crippen molar-refractivity contribution >= 4 is 23.4 Å². The van der Waals surface area contributed by atoms with Gasteiger partial charge in [-0.1, -0.05) is 29.8 Å². The van der Waals surface area contributed by atoms with E-state index >= 15 is 0 Å². The summed E-state index contributed by atoms with van der Waals surface area (Å²) in [6, 6.07) is 12.5. The second-order valence-electron chi connectivity index (χ2n) is 9.18. The Morgan fingerprint density at radius 2 is 1.83 bits per heavy atom. The topological polar surface area (TPSA) is 84.9 Å². The average Bonchev–Trinajstić information content (AvgIpc) is 2.79. The zero-order valence-corrected chi connectivity index (χ0v) is 21.1. The van der Waals surface area contributed by atoms with E-state index in [1.165, 1.54) is 6.07 Å². The quantitative estimate of drug-likeness (QED) is 0.496. The molecule has 2 aromatic rings. The number of Topliss-reactive ketones (excluding diaryl/α,β-unsaturated/α-hetero) is 1. The van der Waals surface area contributed by atoms with Gasteiger partial charge < -0.3 is 19.9 Å². The maximum absolute atomic E-state index is 13.7. The van der Waals surface area contributed by atoms with Crippen molar-refractivity contribution in [3.8, 4) is 11.5 Å². The van der Waals surface area contributed by atoms with Crippen LogP contribution in [-0.2, 0) is 14.3 Å². The Hall–Kier alpha value is -3.25. The number of hydrogen-bond donors (Lipinski definition) is 2. The fourth-order valence-corrected chi connectivity index (χ4v) is 5.00. The molecule has 4 rings (SSSR count). The number of carbonyl (C=O) groups is 2. The van der Waals surface area contributed by atoms with E-state index in [0.29, 0.717) is 52.6 Å². The lowest BCUT2D eigenvalue weighted by atomic mass is 9.71. The molecule has 2 N–H and O–H groups in total. The summed E-state index contributed by atoms with van der Waals surface area (Å²) in [7, 11) is 0. The van der Waals surface area contributed by atoms with Gasteiger partial charge in [-0.25, -0.2) is 4.79 Å². The van der Waals surface area contributed by atoms with Crippen LogP contribution in [0.1, 0.15) is 63.5 Å². The van der Waals surface area contributed by atoms with Crippen LogP contribution in [0.4, 0.5) is 0 Å². The van der Waals surface area contributed by atoms with E-state index < -0.39 is 11.9 Å². The van der Waals surface area contributed by atoms with E-state index in [4.69, 9.17) is 21.1 Å². The fourth-order valence-electron chi connectivity index (χ4n) is 4.87. The van der Waals surface area contributed by atoms with Crippen LogP contribution in [0.3, 0.4) is 0 Å². The van der Waals surface area contributed by atoms with E-state index in [9.17, 15) is 14.7 Å². The van der Waals surface area contributed by atoms with Gasteiger partial charge in [0.1, 0.15) is 0 Å². The minimum atomic E-state index is -0.629. The first-order valence-electron chi connectivity index (χ1n) is 11.9. The normalized spacial score (nSPS) is 20.0. The van der Waals surface area contributed by atoms with Crippen LogP contribution in [0.2, 0.25) is 5.02 Å². The largest absolute Gasteiger partial charge is 0.504 e. The van der Waals surface area contributed by atoms with Crippen LogP contribution in [0.5, 0.6) is 11.5 Å². The highest BCUT2D eigenvalue weighted by atomic mass is 35.5. The van der Waals surface area contributed by atoms with Crippen molar-refractivity contribution in [2.24, 2.45) is 0 Å². The standard InChI is InChI=1S/C28H30ClNO5/c1-5-34-24-14-18(8-11-22(24)31)26-25(28(33)35-15(2)3)16(4)30-21-12-19(13-23(32)27(21)26)17-6-9-20(29)10-7-17/h6-11,14-15,19,26,30-31H,5,12-13H2,1-4H3/t19-,26+/m0/s1. The molecule has 35 heavy (non-hydrogen) atoms. The molecule has 0 saturated carbocycles. The Morgan fingerprint density at radius 3 is 2.49 bits per heavy atom. The summed E-state index contributed by atoms with van der Waals surface area (Å²) in [6.45, 7) is 7.61. The molecule has 2 atom stereocenters. The lowest BCUT2D eigenvalue weighted by molar-refractivity contribution is -0.143. The Kier molecular flexibility index (Phi) is 7.22. The Labute approximate surface area is 210 Å². The second-order valence-corrected chi connectivity index (χ2v) is 9.62. The average molecular weight is 496 g/mol. The molecule has 0 bridgehead atoms. The van der Waals surface area contributed by atoms with Crippen LogP contribution < -0.4 is 10.1 Å².